The Morgan fingerprint density at radius 2 is 2.12 bits per heavy atom. The first kappa shape index (κ1) is 17.1. The van der Waals surface area contributed by atoms with E-state index in [1.165, 1.54) is 0 Å². The van der Waals surface area contributed by atoms with Gasteiger partial charge in [0, 0.05) is 39.8 Å². The van der Waals surface area contributed by atoms with E-state index in [4.69, 9.17) is 18.4 Å². The fourth-order valence-corrected chi connectivity index (χ4v) is 4.20. The number of H-pyrrole nitrogens is 1. The molecule has 4 N–H and O–H groups in total. The molecule has 0 unspecified atom stereocenters. The summed E-state index contributed by atoms with van der Waals surface area (Å²) in [5.41, 5.74) is 9.91. The van der Waals surface area contributed by atoms with Crippen molar-refractivity contribution in [3.8, 4) is 22.5 Å². The van der Waals surface area contributed by atoms with Gasteiger partial charge < -0.3 is 11.1 Å². The highest BCUT2D eigenvalue weighted by Crippen LogP contribution is 2.40. The first-order chi connectivity index (χ1) is 12.7. The lowest BCUT2D eigenvalue weighted by Crippen LogP contribution is -2.12. The van der Waals surface area contributed by atoms with Crippen molar-refractivity contribution in [1.82, 2.24) is 25.9 Å². The summed E-state index contributed by atoms with van der Waals surface area (Å²) in [6.07, 6.45) is 0. The van der Waals surface area contributed by atoms with E-state index >= 15 is 0 Å². The monoisotopic (exact) mass is 384 g/mol. The average molecular weight is 384 g/mol. The van der Waals surface area contributed by atoms with Crippen molar-refractivity contribution >= 4 is 30.3 Å². The fraction of sp³-hybridized carbons (Fsp3) is 0.176. The molecule has 1 aromatic heterocycles. The van der Waals surface area contributed by atoms with E-state index in [2.05, 4.69) is 25.9 Å². The summed E-state index contributed by atoms with van der Waals surface area (Å²) in [6, 6.07) is 9.88. The van der Waals surface area contributed by atoms with Gasteiger partial charge in [0.2, 0.25) is 5.82 Å². The van der Waals surface area contributed by atoms with Crippen LogP contribution in [0, 0.1) is 0 Å². The molecular weight excluding hydrogens is 368 g/mol. The Morgan fingerprint density at radius 3 is 2.88 bits per heavy atom. The molecule has 1 aliphatic rings. The molecule has 0 spiro atoms. The maximum atomic E-state index is 12.0. The number of carbonyl (C=O) groups excluding carboxylic acids is 1. The lowest BCUT2D eigenvalue weighted by atomic mass is 9.96. The highest BCUT2D eigenvalue weighted by Gasteiger charge is 2.22. The smallest absolute Gasteiger partial charge is 0.251 e. The van der Waals surface area contributed by atoms with E-state index in [1.54, 1.807) is 11.8 Å². The van der Waals surface area contributed by atoms with Crippen LogP contribution in [0.25, 0.3) is 22.5 Å². The van der Waals surface area contributed by atoms with Crippen LogP contribution in [0.5, 0.6) is 0 Å². The van der Waals surface area contributed by atoms with Gasteiger partial charge in [-0.05, 0) is 34.0 Å². The van der Waals surface area contributed by atoms with E-state index in [1.807, 2.05) is 30.3 Å². The number of carbonyl (C=O) groups is 1. The Balaban J connectivity index is 1.87. The van der Waals surface area contributed by atoms with Gasteiger partial charge in [-0.25, -0.2) is 0 Å². The maximum Gasteiger partial charge on any atom is 0.251 e. The molecule has 2 aromatic carbocycles. The van der Waals surface area contributed by atoms with E-state index in [0.717, 1.165) is 37.8 Å². The molecule has 0 radical (unpaired) electrons. The van der Waals surface area contributed by atoms with Crippen molar-refractivity contribution in [1.29, 1.82) is 0 Å². The predicted octanol–water partition coefficient (Wildman–Crippen LogP) is 2.12. The van der Waals surface area contributed by atoms with Crippen LogP contribution in [0.3, 0.4) is 0 Å². The zero-order chi connectivity index (χ0) is 18.1. The molecule has 9 heteroatoms. The van der Waals surface area contributed by atoms with Crippen molar-refractivity contribution in [2.45, 2.75) is 16.3 Å². The normalized spacial score (nSPS) is 12.9. The van der Waals surface area contributed by atoms with Gasteiger partial charge in [0.15, 0.2) is 0 Å². The van der Waals surface area contributed by atoms with Gasteiger partial charge in [-0.1, -0.05) is 18.2 Å². The summed E-state index contributed by atoms with van der Waals surface area (Å²) < 4.78 is 0. The number of amides is 1. The molecule has 0 saturated carbocycles. The van der Waals surface area contributed by atoms with Crippen LogP contribution in [-0.4, -0.2) is 38.8 Å². The van der Waals surface area contributed by atoms with Crippen LogP contribution in [0.15, 0.2) is 40.1 Å². The van der Waals surface area contributed by atoms with Gasteiger partial charge in [0.05, 0.1) is 0 Å². The number of nitrogens with zero attached hydrogens (tertiary/aromatic N) is 3. The largest absolute Gasteiger partial charge is 0.348 e. The second-order valence-corrected chi connectivity index (χ2v) is 7.35. The molecule has 1 aliphatic heterocycles. The van der Waals surface area contributed by atoms with Crippen LogP contribution in [0.2, 0.25) is 0 Å². The van der Waals surface area contributed by atoms with E-state index < -0.39 is 0 Å². The van der Waals surface area contributed by atoms with Gasteiger partial charge in [0.1, 0.15) is 0 Å². The van der Waals surface area contributed by atoms with Gasteiger partial charge in [0.25, 0.3) is 5.91 Å². The van der Waals surface area contributed by atoms with Crippen LogP contribution in [0.1, 0.15) is 15.9 Å². The first-order valence-electron chi connectivity index (χ1n) is 8.03. The fourth-order valence-electron chi connectivity index (χ4n) is 2.97. The third-order valence-electron chi connectivity index (χ3n) is 4.19. The average Bonchev–Trinajstić information content (AvgIpc) is 3.30. The molecule has 0 aliphatic carbocycles. The van der Waals surface area contributed by atoms with Gasteiger partial charge in [-0.15, -0.1) is 34.6 Å². The number of nitrogens with two attached hydrogens (primary N) is 1. The molecule has 0 saturated heterocycles. The topological polar surface area (TPSA) is 110 Å². The molecule has 132 valence electrons. The summed E-state index contributed by atoms with van der Waals surface area (Å²) >= 11 is 6.36. The van der Waals surface area contributed by atoms with Crippen LogP contribution < -0.4 is 11.1 Å². The Bertz CT molecular complexity index is 974. The maximum absolute atomic E-state index is 12.0. The lowest BCUT2D eigenvalue weighted by molar-refractivity contribution is 0.0966. The minimum atomic E-state index is -0.0517. The van der Waals surface area contributed by atoms with Crippen LogP contribution in [-0.2, 0) is 6.54 Å². The summed E-state index contributed by atoms with van der Waals surface area (Å²) in [5.74, 6) is 1.20. The van der Waals surface area contributed by atoms with Crippen LogP contribution in [0.4, 0.5) is 0 Å². The number of thiol groups is 1. The number of fused-ring (bicyclic) bond motifs is 1. The van der Waals surface area contributed by atoms with Crippen molar-refractivity contribution in [3.05, 3.63) is 41.5 Å². The first-order valence-corrected chi connectivity index (χ1v) is 9.46. The third kappa shape index (κ3) is 2.98. The summed E-state index contributed by atoms with van der Waals surface area (Å²) in [7, 11) is 0. The zero-order valence-corrected chi connectivity index (χ0v) is 15.4. The Morgan fingerprint density at radius 1 is 1.23 bits per heavy atom. The molecule has 0 fully saturated rings. The van der Waals surface area contributed by atoms with E-state index in [9.17, 15) is 4.79 Å². The molecule has 26 heavy (non-hydrogen) atoms. The Hall–Kier alpha value is -2.36. The third-order valence-corrected chi connectivity index (χ3v) is 5.90. The summed E-state index contributed by atoms with van der Waals surface area (Å²) in [6.45, 7) is 1.15. The summed E-state index contributed by atoms with van der Waals surface area (Å²) in [4.78, 5) is 13.8. The predicted molar refractivity (Wildman–Crippen MR) is 103 cm³/mol. The molecule has 7 nitrogen and oxygen atoms in total. The quantitative estimate of drug-likeness (QED) is 0.396. The number of rotatable bonds is 5. The van der Waals surface area contributed by atoms with E-state index in [-0.39, 0.29) is 5.91 Å². The minimum absolute atomic E-state index is 0.0517. The van der Waals surface area contributed by atoms with Gasteiger partial charge in [-0.3, -0.25) is 4.79 Å². The Kier molecular flexibility index (Phi) is 4.66. The molecule has 1 amide bonds. The number of nitrogens with one attached hydrogen (secondary N) is 2. The molecule has 4 rings (SSSR count). The number of thioether (sulfide) groups is 1. The van der Waals surface area contributed by atoms with E-state index in [0.29, 0.717) is 24.5 Å². The minimum Gasteiger partial charge on any atom is -0.348 e. The number of aromatic nitrogens is 4. The number of hydrogen-bond acceptors (Lipinski definition) is 7. The van der Waals surface area contributed by atoms with Crippen molar-refractivity contribution in [2.75, 3.05) is 12.3 Å². The zero-order valence-electron chi connectivity index (χ0n) is 13.7. The van der Waals surface area contributed by atoms with Crippen molar-refractivity contribution < 1.29 is 4.79 Å². The number of benzene rings is 2. The van der Waals surface area contributed by atoms with Crippen molar-refractivity contribution in [2.24, 2.45) is 5.73 Å². The lowest BCUT2D eigenvalue weighted by Gasteiger charge is -2.14. The molecule has 0 atom stereocenters. The SMILES string of the molecule is NCCSc1ccc(-c2ccc3c(c2)C(=O)NC3)c(-c2nn[nH]n2)c1S. The highest BCUT2D eigenvalue weighted by molar-refractivity contribution is 7.99. The number of tetrazole rings is 1. The second-order valence-electron chi connectivity index (χ2n) is 5.76. The molecule has 0 bridgehead atoms. The highest BCUT2D eigenvalue weighted by atomic mass is 32.2. The molecule has 2 heterocycles. The standard InChI is InChI=1S/C17H16N6OS2/c18-5-6-26-13-4-3-11(14(15(13)25)16-20-22-23-21-16)9-1-2-10-8-19-17(24)12(10)7-9/h1-4,7,25H,5-6,8,18H2,(H,19,24)(H,20,21,22,23). The Labute approximate surface area is 159 Å². The van der Waals surface area contributed by atoms with Crippen molar-refractivity contribution in [3.63, 3.8) is 0 Å². The molecular formula is C17H16N6OS2. The number of hydrogen-bond donors (Lipinski definition) is 4. The number of aromatic amines is 1. The van der Waals surface area contributed by atoms with Gasteiger partial charge >= 0.3 is 0 Å². The summed E-state index contributed by atoms with van der Waals surface area (Å²) in [5, 5.41) is 17.3. The van der Waals surface area contributed by atoms with Crippen LogP contribution >= 0.6 is 24.4 Å². The molecule has 3 aromatic rings. The van der Waals surface area contributed by atoms with Gasteiger partial charge in [-0.2, -0.15) is 5.21 Å². The second kappa shape index (κ2) is 7.10.